The number of hydrogen-bond donors (Lipinski definition) is 0. The summed E-state index contributed by atoms with van der Waals surface area (Å²) in [6.45, 7) is 5.32. The largest absolute Gasteiger partial charge is 0.337 e. The molecule has 3 aromatic rings. The highest BCUT2D eigenvalue weighted by Gasteiger charge is 2.26. The zero-order chi connectivity index (χ0) is 16.1. The van der Waals surface area contributed by atoms with Crippen molar-refractivity contribution in [2.45, 2.75) is 32.2 Å². The normalized spacial score (nSPS) is 16.3. The minimum atomic E-state index is 0.924. The topological polar surface area (TPSA) is 16.1 Å². The number of aromatic nitrogens is 1. The van der Waals surface area contributed by atoms with Gasteiger partial charge in [-0.3, -0.25) is 4.98 Å². The van der Waals surface area contributed by atoms with Crippen LogP contribution >= 0.6 is 0 Å². The average molecular weight is 312 g/mol. The first-order chi connectivity index (χ1) is 11.8. The van der Waals surface area contributed by atoms with E-state index >= 15 is 0 Å². The Morgan fingerprint density at radius 1 is 0.917 bits per heavy atom. The van der Waals surface area contributed by atoms with E-state index in [0.717, 1.165) is 17.8 Å². The molecule has 0 N–H and O–H groups in total. The van der Waals surface area contributed by atoms with Gasteiger partial charge in [0.25, 0.3) is 0 Å². The molecule has 2 aliphatic rings. The maximum atomic E-state index is 4.42. The van der Waals surface area contributed by atoms with E-state index in [-0.39, 0.29) is 0 Å². The second-order valence-corrected chi connectivity index (χ2v) is 6.90. The molecule has 2 aromatic carbocycles. The van der Waals surface area contributed by atoms with Crippen molar-refractivity contribution in [2.24, 2.45) is 0 Å². The molecule has 0 atom stereocenters. The van der Waals surface area contributed by atoms with E-state index in [0.29, 0.717) is 0 Å². The van der Waals surface area contributed by atoms with Gasteiger partial charge in [0.1, 0.15) is 0 Å². The molecule has 0 unspecified atom stereocenters. The third-order valence-corrected chi connectivity index (χ3v) is 5.43. The fourth-order valence-electron chi connectivity index (χ4n) is 4.13. The summed E-state index contributed by atoms with van der Waals surface area (Å²) < 4.78 is 0. The van der Waals surface area contributed by atoms with Gasteiger partial charge in [-0.2, -0.15) is 0 Å². The Balaban J connectivity index is 1.56. The van der Waals surface area contributed by atoms with Gasteiger partial charge in [-0.15, -0.1) is 0 Å². The van der Waals surface area contributed by atoms with Crippen molar-refractivity contribution < 1.29 is 0 Å². The molecule has 5 rings (SSSR count). The Kier molecular flexibility index (Phi) is 2.99. The van der Waals surface area contributed by atoms with Crippen molar-refractivity contribution in [1.82, 2.24) is 4.98 Å². The molecule has 24 heavy (non-hydrogen) atoms. The summed E-state index contributed by atoms with van der Waals surface area (Å²) in [5, 5.41) is 1.18. The lowest BCUT2D eigenvalue weighted by molar-refractivity contribution is 0.684. The molecule has 2 heterocycles. The number of pyridine rings is 1. The van der Waals surface area contributed by atoms with Crippen LogP contribution in [-0.4, -0.2) is 4.98 Å². The Morgan fingerprint density at radius 2 is 1.75 bits per heavy atom. The Bertz CT molecular complexity index is 971. The lowest BCUT2D eigenvalue weighted by atomic mass is 9.88. The summed E-state index contributed by atoms with van der Waals surface area (Å²) in [4.78, 5) is 6.75. The molecule has 0 saturated carbocycles. The van der Waals surface area contributed by atoms with Crippen LogP contribution in [-0.2, 0) is 19.4 Å². The van der Waals surface area contributed by atoms with E-state index in [4.69, 9.17) is 0 Å². The van der Waals surface area contributed by atoms with E-state index in [1.54, 1.807) is 5.56 Å². The third-order valence-electron chi connectivity index (χ3n) is 5.43. The zero-order valence-electron chi connectivity index (χ0n) is 13.8. The molecule has 0 amide bonds. The fraction of sp³-hybridized carbons (Fsp3) is 0.227. The SMILES string of the molecule is C=C1c2cc3c(cc2CN1c1ccc2ncccc2c1)CCCC3. The van der Waals surface area contributed by atoms with E-state index in [1.165, 1.54) is 53.4 Å². The molecule has 0 saturated heterocycles. The zero-order valence-corrected chi connectivity index (χ0v) is 13.8. The summed E-state index contributed by atoms with van der Waals surface area (Å²) >= 11 is 0. The standard InChI is InChI=1S/C22H20N2/c1-15-21-13-17-6-3-2-5-16(17)11-19(21)14-24(15)20-8-9-22-18(12-20)7-4-10-23-22/h4,7-13H,1-3,5-6,14H2. The molecule has 1 aliphatic heterocycles. The summed E-state index contributed by atoms with van der Waals surface area (Å²) in [6, 6.07) is 15.4. The van der Waals surface area contributed by atoms with Crippen LogP contribution in [0.5, 0.6) is 0 Å². The second kappa shape index (κ2) is 5.20. The monoisotopic (exact) mass is 312 g/mol. The highest BCUT2D eigenvalue weighted by atomic mass is 15.2. The highest BCUT2D eigenvalue weighted by molar-refractivity contribution is 5.89. The van der Waals surface area contributed by atoms with E-state index < -0.39 is 0 Å². The van der Waals surface area contributed by atoms with Crippen LogP contribution in [0.4, 0.5) is 5.69 Å². The smallest absolute Gasteiger partial charge is 0.0703 e. The Hall–Kier alpha value is -2.61. The molecule has 0 fully saturated rings. The van der Waals surface area contributed by atoms with E-state index in [2.05, 4.69) is 52.9 Å². The average Bonchev–Trinajstić information content (AvgIpc) is 2.95. The van der Waals surface area contributed by atoms with Gasteiger partial charge in [-0.1, -0.05) is 18.7 Å². The number of nitrogens with zero attached hydrogens (tertiary/aromatic N) is 2. The van der Waals surface area contributed by atoms with Crippen LogP contribution in [0.2, 0.25) is 0 Å². The van der Waals surface area contributed by atoms with Crippen molar-refractivity contribution in [3.05, 3.63) is 77.5 Å². The molecule has 2 nitrogen and oxygen atoms in total. The summed E-state index contributed by atoms with van der Waals surface area (Å²) in [6.07, 6.45) is 6.94. The minimum absolute atomic E-state index is 0.924. The van der Waals surface area contributed by atoms with Gasteiger partial charge >= 0.3 is 0 Å². The molecule has 1 aromatic heterocycles. The van der Waals surface area contributed by atoms with Crippen molar-refractivity contribution in [1.29, 1.82) is 0 Å². The van der Waals surface area contributed by atoms with Gasteiger partial charge in [-0.25, -0.2) is 0 Å². The van der Waals surface area contributed by atoms with Crippen molar-refractivity contribution in [2.75, 3.05) is 4.90 Å². The van der Waals surface area contributed by atoms with E-state index in [1.807, 2.05) is 12.3 Å². The molecule has 0 spiro atoms. The lowest BCUT2D eigenvalue weighted by Gasteiger charge is -2.20. The lowest BCUT2D eigenvalue weighted by Crippen LogP contribution is -2.12. The van der Waals surface area contributed by atoms with Gasteiger partial charge in [0.15, 0.2) is 0 Å². The van der Waals surface area contributed by atoms with Crippen LogP contribution < -0.4 is 4.90 Å². The van der Waals surface area contributed by atoms with Gasteiger partial charge < -0.3 is 4.90 Å². The number of benzene rings is 2. The summed E-state index contributed by atoms with van der Waals surface area (Å²) in [7, 11) is 0. The van der Waals surface area contributed by atoms with Gasteiger partial charge in [0.2, 0.25) is 0 Å². The molecule has 118 valence electrons. The molecule has 2 heteroatoms. The predicted octanol–water partition coefficient (Wildman–Crippen LogP) is 5.10. The quantitative estimate of drug-likeness (QED) is 0.621. The molecule has 0 bridgehead atoms. The van der Waals surface area contributed by atoms with Crippen molar-refractivity contribution in [3.8, 4) is 0 Å². The highest BCUT2D eigenvalue weighted by Crippen LogP contribution is 2.39. The molecular formula is C22H20N2. The minimum Gasteiger partial charge on any atom is -0.337 e. The number of aryl methyl sites for hydroxylation is 2. The maximum absolute atomic E-state index is 4.42. The first kappa shape index (κ1) is 13.8. The van der Waals surface area contributed by atoms with Crippen LogP contribution in [0.15, 0.2) is 55.2 Å². The molecular weight excluding hydrogens is 292 g/mol. The Morgan fingerprint density at radius 3 is 2.62 bits per heavy atom. The maximum Gasteiger partial charge on any atom is 0.0703 e. The van der Waals surface area contributed by atoms with Gasteiger partial charge in [-0.05, 0) is 72.7 Å². The Labute approximate surface area is 142 Å². The number of fused-ring (bicyclic) bond motifs is 3. The fourth-order valence-corrected chi connectivity index (χ4v) is 4.13. The first-order valence-corrected chi connectivity index (χ1v) is 8.76. The van der Waals surface area contributed by atoms with Crippen LogP contribution in [0.25, 0.3) is 16.6 Å². The van der Waals surface area contributed by atoms with E-state index in [9.17, 15) is 0 Å². The third kappa shape index (κ3) is 2.06. The molecule has 0 radical (unpaired) electrons. The number of rotatable bonds is 1. The second-order valence-electron chi connectivity index (χ2n) is 6.90. The van der Waals surface area contributed by atoms with Gasteiger partial charge in [0.05, 0.1) is 5.52 Å². The van der Waals surface area contributed by atoms with Crippen molar-refractivity contribution in [3.63, 3.8) is 0 Å². The predicted molar refractivity (Wildman–Crippen MR) is 100 cm³/mol. The van der Waals surface area contributed by atoms with Gasteiger partial charge in [0, 0.05) is 35.1 Å². The van der Waals surface area contributed by atoms with Crippen LogP contribution in [0, 0.1) is 0 Å². The van der Waals surface area contributed by atoms with Crippen LogP contribution in [0.3, 0.4) is 0 Å². The number of anilines is 1. The number of hydrogen-bond acceptors (Lipinski definition) is 2. The first-order valence-electron chi connectivity index (χ1n) is 8.76. The summed E-state index contributed by atoms with van der Waals surface area (Å²) in [5.74, 6) is 0. The van der Waals surface area contributed by atoms with Crippen molar-refractivity contribution >= 4 is 22.3 Å². The van der Waals surface area contributed by atoms with Crippen LogP contribution in [0.1, 0.15) is 35.1 Å². The molecule has 1 aliphatic carbocycles. The summed E-state index contributed by atoms with van der Waals surface area (Å²) in [5.41, 5.74) is 9.22.